The molecule has 2 N–H and O–H groups in total. The lowest BCUT2D eigenvalue weighted by Crippen LogP contribution is -2.14. The second-order valence-corrected chi connectivity index (χ2v) is 6.30. The van der Waals surface area contributed by atoms with Crippen LogP contribution in [0, 0.1) is 0 Å². The fourth-order valence-electron chi connectivity index (χ4n) is 2.33. The van der Waals surface area contributed by atoms with Gasteiger partial charge < -0.3 is 10.6 Å². The quantitative estimate of drug-likeness (QED) is 0.649. The maximum atomic E-state index is 12.2. The van der Waals surface area contributed by atoms with Gasteiger partial charge in [-0.25, -0.2) is 9.97 Å². The smallest absolute Gasteiger partial charge is 0.275 e. The first-order valence-corrected chi connectivity index (χ1v) is 8.69. The number of benzene rings is 2. The number of halogens is 1. The van der Waals surface area contributed by atoms with Crippen molar-refractivity contribution < 1.29 is 4.79 Å². The fraction of sp³-hybridized carbons (Fsp3) is 0.105. The lowest BCUT2D eigenvalue weighted by atomic mass is 10.1. The van der Waals surface area contributed by atoms with Crippen LogP contribution in [-0.4, -0.2) is 15.9 Å². The van der Waals surface area contributed by atoms with Crippen LogP contribution >= 0.6 is 15.9 Å². The summed E-state index contributed by atoms with van der Waals surface area (Å²) in [5, 5.41) is 6.03. The summed E-state index contributed by atoms with van der Waals surface area (Å²) in [4.78, 5) is 20.7. The van der Waals surface area contributed by atoms with Gasteiger partial charge in [0.25, 0.3) is 5.91 Å². The standard InChI is InChI=1S/C19H17BrN4O/c1-2-13-5-3-4-6-16(13)24-18-12-21-17(11-22-18)19(25)23-15-9-7-14(20)8-10-15/h3-12H,2H2,1H3,(H,22,24)(H,23,25). The Morgan fingerprint density at radius 3 is 2.48 bits per heavy atom. The van der Waals surface area contributed by atoms with Crippen LogP contribution in [-0.2, 0) is 6.42 Å². The summed E-state index contributed by atoms with van der Waals surface area (Å²) in [5.74, 6) is 0.302. The van der Waals surface area contributed by atoms with Gasteiger partial charge in [0.1, 0.15) is 11.5 Å². The molecule has 126 valence electrons. The van der Waals surface area contributed by atoms with Crippen LogP contribution < -0.4 is 10.6 Å². The van der Waals surface area contributed by atoms with Crippen molar-refractivity contribution in [2.24, 2.45) is 0 Å². The number of carbonyl (C=O) groups is 1. The van der Waals surface area contributed by atoms with Gasteiger partial charge in [-0.05, 0) is 42.3 Å². The molecule has 0 aliphatic rings. The summed E-state index contributed by atoms with van der Waals surface area (Å²) in [6, 6.07) is 15.4. The number of carbonyl (C=O) groups excluding carboxylic acids is 1. The highest BCUT2D eigenvalue weighted by Gasteiger charge is 2.09. The Morgan fingerprint density at radius 2 is 1.80 bits per heavy atom. The minimum absolute atomic E-state index is 0.261. The Bertz CT molecular complexity index is 863. The molecule has 0 aliphatic carbocycles. The Balaban J connectivity index is 1.69. The Hall–Kier alpha value is -2.73. The van der Waals surface area contributed by atoms with E-state index >= 15 is 0 Å². The monoisotopic (exact) mass is 396 g/mol. The predicted octanol–water partition coefficient (Wildman–Crippen LogP) is 4.80. The molecule has 5 nitrogen and oxygen atoms in total. The van der Waals surface area contributed by atoms with Crippen LogP contribution in [0.1, 0.15) is 23.0 Å². The number of nitrogens with zero attached hydrogens (tertiary/aromatic N) is 2. The maximum absolute atomic E-state index is 12.2. The molecule has 0 atom stereocenters. The van der Waals surface area contributed by atoms with E-state index in [1.807, 2.05) is 42.5 Å². The van der Waals surface area contributed by atoms with Crippen molar-refractivity contribution in [3.05, 3.63) is 76.7 Å². The van der Waals surface area contributed by atoms with E-state index in [0.29, 0.717) is 11.5 Å². The molecule has 6 heteroatoms. The second-order valence-electron chi connectivity index (χ2n) is 5.38. The summed E-state index contributed by atoms with van der Waals surface area (Å²) in [6.45, 7) is 2.10. The van der Waals surface area contributed by atoms with Gasteiger partial charge in [-0.1, -0.05) is 41.1 Å². The molecule has 1 heterocycles. The summed E-state index contributed by atoms with van der Waals surface area (Å²) in [6.07, 6.45) is 3.94. The molecule has 0 unspecified atom stereocenters. The van der Waals surface area contributed by atoms with E-state index in [1.165, 1.54) is 11.8 Å². The molecular weight excluding hydrogens is 380 g/mol. The van der Waals surface area contributed by atoms with Gasteiger partial charge in [-0.3, -0.25) is 4.79 Å². The third kappa shape index (κ3) is 4.42. The van der Waals surface area contributed by atoms with Crippen molar-refractivity contribution in [1.82, 2.24) is 9.97 Å². The normalized spacial score (nSPS) is 10.3. The van der Waals surface area contributed by atoms with Gasteiger partial charge in [0, 0.05) is 15.8 Å². The van der Waals surface area contributed by atoms with Gasteiger partial charge in [-0.15, -0.1) is 0 Å². The van der Waals surface area contributed by atoms with Crippen molar-refractivity contribution in [2.45, 2.75) is 13.3 Å². The number of aryl methyl sites for hydroxylation is 1. The highest BCUT2D eigenvalue weighted by molar-refractivity contribution is 9.10. The SMILES string of the molecule is CCc1ccccc1Nc1cnc(C(=O)Nc2ccc(Br)cc2)cn1. The second kappa shape index (κ2) is 7.90. The van der Waals surface area contributed by atoms with E-state index in [2.05, 4.69) is 49.5 Å². The minimum Gasteiger partial charge on any atom is -0.339 e. The number of hydrogen-bond acceptors (Lipinski definition) is 4. The average molecular weight is 397 g/mol. The van der Waals surface area contributed by atoms with Crippen molar-refractivity contribution in [3.8, 4) is 0 Å². The fourth-order valence-corrected chi connectivity index (χ4v) is 2.59. The molecule has 1 amide bonds. The highest BCUT2D eigenvalue weighted by Crippen LogP contribution is 2.19. The van der Waals surface area contributed by atoms with E-state index in [4.69, 9.17) is 0 Å². The van der Waals surface area contributed by atoms with Crippen LogP contribution in [0.4, 0.5) is 17.2 Å². The van der Waals surface area contributed by atoms with Crippen molar-refractivity contribution in [3.63, 3.8) is 0 Å². The molecule has 0 fully saturated rings. The summed E-state index contributed by atoms with van der Waals surface area (Å²) in [7, 11) is 0. The molecule has 2 aromatic carbocycles. The van der Waals surface area contributed by atoms with E-state index in [-0.39, 0.29) is 11.6 Å². The first kappa shape index (κ1) is 17.1. The zero-order chi connectivity index (χ0) is 17.6. The Morgan fingerprint density at radius 1 is 1.04 bits per heavy atom. The van der Waals surface area contributed by atoms with Crippen molar-refractivity contribution >= 4 is 39.0 Å². The Kier molecular flexibility index (Phi) is 5.40. The molecule has 0 radical (unpaired) electrons. The molecule has 0 aliphatic heterocycles. The Labute approximate surface area is 154 Å². The van der Waals surface area contributed by atoms with E-state index < -0.39 is 0 Å². The number of aromatic nitrogens is 2. The van der Waals surface area contributed by atoms with Crippen molar-refractivity contribution in [1.29, 1.82) is 0 Å². The van der Waals surface area contributed by atoms with Crippen molar-refractivity contribution in [2.75, 3.05) is 10.6 Å². The topological polar surface area (TPSA) is 66.9 Å². The molecule has 3 rings (SSSR count). The maximum Gasteiger partial charge on any atom is 0.275 e. The number of rotatable bonds is 5. The third-order valence-corrected chi connectivity index (χ3v) is 4.18. The molecule has 0 saturated heterocycles. The summed E-state index contributed by atoms with van der Waals surface area (Å²) < 4.78 is 0.952. The van der Waals surface area contributed by atoms with Gasteiger partial charge in [-0.2, -0.15) is 0 Å². The molecule has 0 spiro atoms. The van der Waals surface area contributed by atoms with Gasteiger partial charge >= 0.3 is 0 Å². The largest absolute Gasteiger partial charge is 0.339 e. The number of hydrogen-bond donors (Lipinski definition) is 2. The minimum atomic E-state index is -0.296. The summed E-state index contributed by atoms with van der Waals surface area (Å²) in [5.41, 5.74) is 3.15. The number of amides is 1. The van der Waals surface area contributed by atoms with Crippen LogP contribution in [0.2, 0.25) is 0 Å². The van der Waals surface area contributed by atoms with Crippen LogP contribution in [0.5, 0.6) is 0 Å². The molecular formula is C19H17BrN4O. The number of para-hydroxylation sites is 1. The van der Waals surface area contributed by atoms with E-state index in [1.54, 1.807) is 6.20 Å². The number of nitrogens with one attached hydrogen (secondary N) is 2. The third-order valence-electron chi connectivity index (χ3n) is 3.65. The molecule has 25 heavy (non-hydrogen) atoms. The zero-order valence-electron chi connectivity index (χ0n) is 13.7. The molecule has 0 bridgehead atoms. The molecule has 0 saturated carbocycles. The van der Waals surface area contributed by atoms with E-state index in [0.717, 1.165) is 16.6 Å². The lowest BCUT2D eigenvalue weighted by Gasteiger charge is -2.10. The lowest BCUT2D eigenvalue weighted by molar-refractivity contribution is 0.102. The average Bonchev–Trinajstić information content (AvgIpc) is 2.64. The summed E-state index contributed by atoms with van der Waals surface area (Å²) >= 11 is 3.36. The van der Waals surface area contributed by atoms with Crippen LogP contribution in [0.25, 0.3) is 0 Å². The van der Waals surface area contributed by atoms with Crippen LogP contribution in [0.15, 0.2) is 65.4 Å². The van der Waals surface area contributed by atoms with E-state index in [9.17, 15) is 4.79 Å². The number of anilines is 3. The van der Waals surface area contributed by atoms with Gasteiger partial charge in [0.05, 0.1) is 12.4 Å². The zero-order valence-corrected chi connectivity index (χ0v) is 15.2. The van der Waals surface area contributed by atoms with Gasteiger partial charge in [0.2, 0.25) is 0 Å². The first-order chi connectivity index (χ1) is 12.2. The van der Waals surface area contributed by atoms with Crippen LogP contribution in [0.3, 0.4) is 0 Å². The molecule has 3 aromatic rings. The highest BCUT2D eigenvalue weighted by atomic mass is 79.9. The molecule has 1 aromatic heterocycles. The van der Waals surface area contributed by atoms with Gasteiger partial charge in [0.15, 0.2) is 0 Å². The predicted molar refractivity (Wildman–Crippen MR) is 103 cm³/mol. The first-order valence-electron chi connectivity index (χ1n) is 7.89.